The molecule has 0 saturated carbocycles. The minimum absolute atomic E-state index is 0.0189. The Kier molecular flexibility index (Phi) is 6.41. The molecule has 25 heavy (non-hydrogen) atoms. The summed E-state index contributed by atoms with van der Waals surface area (Å²) >= 11 is 0. The second kappa shape index (κ2) is 8.97. The van der Waals surface area contributed by atoms with Crippen LogP contribution in [0, 0.1) is 0 Å². The number of carboxylic acid groups (broad SMARTS) is 1. The van der Waals surface area contributed by atoms with Gasteiger partial charge in [0.2, 0.25) is 0 Å². The van der Waals surface area contributed by atoms with Crippen LogP contribution < -0.4 is 10.6 Å². The number of carbonyl (C=O) groups is 3. The molecule has 0 aliphatic heterocycles. The van der Waals surface area contributed by atoms with E-state index in [1.165, 1.54) is 6.08 Å². The molecule has 2 aromatic rings. The zero-order valence-corrected chi connectivity index (χ0v) is 13.3. The van der Waals surface area contributed by atoms with Crippen LogP contribution in [-0.4, -0.2) is 34.4 Å². The lowest BCUT2D eigenvalue weighted by Gasteiger charge is -2.10. The highest BCUT2D eigenvalue weighted by Crippen LogP contribution is 2.06. The lowest BCUT2D eigenvalue weighted by atomic mass is 10.2. The molecule has 128 valence electrons. The number of pyridine rings is 1. The topological polar surface area (TPSA) is 108 Å². The van der Waals surface area contributed by atoms with Crippen molar-refractivity contribution in [2.75, 3.05) is 6.54 Å². The lowest BCUT2D eigenvalue weighted by molar-refractivity contribution is -0.136. The standard InChI is InChI=1S/C18H17N3O4/c22-16(23)8-11-20-18(25)15(12-13-6-9-19-10-7-13)21-17(24)14-4-2-1-3-5-14/h1-7,9-10,12H,8,11H2,(H,20,25)(H,21,24)(H,22,23)/b15-12+. The first-order chi connectivity index (χ1) is 12.1. The molecule has 0 bridgehead atoms. The molecule has 2 rings (SSSR count). The van der Waals surface area contributed by atoms with Gasteiger partial charge in [0.1, 0.15) is 5.70 Å². The van der Waals surface area contributed by atoms with Crippen LogP contribution in [0.2, 0.25) is 0 Å². The van der Waals surface area contributed by atoms with Gasteiger partial charge >= 0.3 is 5.97 Å². The van der Waals surface area contributed by atoms with E-state index in [9.17, 15) is 14.4 Å². The number of nitrogens with one attached hydrogen (secondary N) is 2. The van der Waals surface area contributed by atoms with Crippen LogP contribution >= 0.6 is 0 Å². The van der Waals surface area contributed by atoms with E-state index in [1.54, 1.807) is 54.9 Å². The van der Waals surface area contributed by atoms with E-state index < -0.39 is 17.8 Å². The molecule has 0 saturated heterocycles. The molecular weight excluding hydrogens is 322 g/mol. The van der Waals surface area contributed by atoms with E-state index in [0.29, 0.717) is 11.1 Å². The van der Waals surface area contributed by atoms with E-state index >= 15 is 0 Å². The molecule has 0 aliphatic rings. The van der Waals surface area contributed by atoms with E-state index in [0.717, 1.165) is 0 Å². The number of aromatic nitrogens is 1. The first-order valence-corrected chi connectivity index (χ1v) is 7.54. The normalized spacial score (nSPS) is 10.8. The predicted octanol–water partition coefficient (Wildman–Crippen LogP) is 1.44. The fourth-order valence-corrected chi connectivity index (χ4v) is 1.95. The Balaban J connectivity index is 2.17. The average Bonchev–Trinajstić information content (AvgIpc) is 2.62. The van der Waals surface area contributed by atoms with Crippen molar-refractivity contribution in [3.63, 3.8) is 0 Å². The summed E-state index contributed by atoms with van der Waals surface area (Å²) in [7, 11) is 0. The fourth-order valence-electron chi connectivity index (χ4n) is 1.95. The number of nitrogens with zero attached hydrogens (tertiary/aromatic N) is 1. The molecule has 0 aliphatic carbocycles. The Hall–Kier alpha value is -3.48. The molecule has 7 nitrogen and oxygen atoms in total. The zero-order chi connectivity index (χ0) is 18.1. The number of carboxylic acids is 1. The van der Waals surface area contributed by atoms with Crippen LogP contribution in [-0.2, 0) is 9.59 Å². The first kappa shape index (κ1) is 17.9. The average molecular weight is 339 g/mol. The SMILES string of the molecule is O=C(O)CCNC(=O)/C(=C\c1ccncc1)NC(=O)c1ccccc1. The third kappa shape index (κ3) is 5.91. The molecule has 1 aromatic carbocycles. The van der Waals surface area contributed by atoms with Crippen LogP contribution in [0.1, 0.15) is 22.3 Å². The van der Waals surface area contributed by atoms with Gasteiger partial charge in [0.05, 0.1) is 6.42 Å². The van der Waals surface area contributed by atoms with Crippen LogP contribution in [0.25, 0.3) is 6.08 Å². The highest BCUT2D eigenvalue weighted by Gasteiger charge is 2.14. The molecule has 0 radical (unpaired) electrons. The predicted molar refractivity (Wildman–Crippen MR) is 91.4 cm³/mol. The van der Waals surface area contributed by atoms with Crippen LogP contribution in [0.3, 0.4) is 0 Å². The summed E-state index contributed by atoms with van der Waals surface area (Å²) in [5.74, 6) is -2.02. The fraction of sp³-hybridized carbons (Fsp3) is 0.111. The number of hydrogen-bond acceptors (Lipinski definition) is 4. The van der Waals surface area contributed by atoms with E-state index in [1.807, 2.05) is 0 Å². The molecule has 1 aromatic heterocycles. The van der Waals surface area contributed by atoms with Gasteiger partial charge in [-0.3, -0.25) is 19.4 Å². The van der Waals surface area contributed by atoms with Crippen molar-refractivity contribution in [1.29, 1.82) is 0 Å². The number of benzene rings is 1. The summed E-state index contributed by atoms with van der Waals surface area (Å²) in [4.78, 5) is 39.0. The Morgan fingerprint density at radius 2 is 1.72 bits per heavy atom. The summed E-state index contributed by atoms with van der Waals surface area (Å²) in [6.45, 7) is -0.0386. The third-order valence-corrected chi connectivity index (χ3v) is 3.17. The summed E-state index contributed by atoms with van der Waals surface area (Å²) in [5, 5.41) is 13.7. The maximum atomic E-state index is 12.3. The molecule has 0 unspecified atom stereocenters. The van der Waals surface area contributed by atoms with Gasteiger partial charge in [0.25, 0.3) is 11.8 Å². The molecule has 3 N–H and O–H groups in total. The van der Waals surface area contributed by atoms with Gasteiger partial charge in [-0.15, -0.1) is 0 Å². The van der Waals surface area contributed by atoms with Crippen molar-refractivity contribution in [3.8, 4) is 0 Å². The van der Waals surface area contributed by atoms with Crippen molar-refractivity contribution in [3.05, 3.63) is 71.7 Å². The second-order valence-corrected chi connectivity index (χ2v) is 5.06. The Labute approximate surface area is 144 Å². The summed E-state index contributed by atoms with van der Waals surface area (Å²) in [5.41, 5.74) is 1.10. The Morgan fingerprint density at radius 3 is 2.36 bits per heavy atom. The number of hydrogen-bond donors (Lipinski definition) is 3. The largest absolute Gasteiger partial charge is 0.481 e. The monoisotopic (exact) mass is 339 g/mol. The third-order valence-electron chi connectivity index (χ3n) is 3.17. The second-order valence-electron chi connectivity index (χ2n) is 5.06. The summed E-state index contributed by atoms with van der Waals surface area (Å²) in [6.07, 6.45) is 4.41. The smallest absolute Gasteiger partial charge is 0.305 e. The molecule has 0 atom stereocenters. The summed E-state index contributed by atoms with van der Waals surface area (Å²) in [6, 6.07) is 11.8. The minimum atomic E-state index is -1.02. The van der Waals surface area contributed by atoms with E-state index in [4.69, 9.17) is 5.11 Å². The maximum absolute atomic E-state index is 12.3. The molecule has 2 amide bonds. The number of aliphatic carboxylic acids is 1. The zero-order valence-electron chi connectivity index (χ0n) is 13.3. The molecule has 0 spiro atoms. The van der Waals surface area contributed by atoms with E-state index in [-0.39, 0.29) is 18.7 Å². The highest BCUT2D eigenvalue weighted by atomic mass is 16.4. The number of rotatable bonds is 7. The van der Waals surface area contributed by atoms with Gasteiger partial charge in [-0.25, -0.2) is 0 Å². The minimum Gasteiger partial charge on any atom is -0.481 e. The summed E-state index contributed by atoms with van der Waals surface area (Å²) < 4.78 is 0. The van der Waals surface area contributed by atoms with Crippen LogP contribution in [0.4, 0.5) is 0 Å². The van der Waals surface area contributed by atoms with Gasteiger partial charge in [-0.05, 0) is 35.9 Å². The van der Waals surface area contributed by atoms with Gasteiger partial charge in [0, 0.05) is 24.5 Å². The Morgan fingerprint density at radius 1 is 1.04 bits per heavy atom. The number of amides is 2. The Bertz CT molecular complexity index is 773. The molecule has 7 heteroatoms. The maximum Gasteiger partial charge on any atom is 0.305 e. The van der Waals surface area contributed by atoms with Crippen molar-refractivity contribution in [2.45, 2.75) is 6.42 Å². The number of carbonyl (C=O) groups excluding carboxylic acids is 2. The van der Waals surface area contributed by atoms with Crippen molar-refractivity contribution >= 4 is 23.9 Å². The van der Waals surface area contributed by atoms with Gasteiger partial charge in [-0.2, -0.15) is 0 Å². The van der Waals surface area contributed by atoms with E-state index in [2.05, 4.69) is 15.6 Å². The van der Waals surface area contributed by atoms with Gasteiger partial charge < -0.3 is 15.7 Å². The van der Waals surface area contributed by atoms with Crippen molar-refractivity contribution < 1.29 is 19.5 Å². The van der Waals surface area contributed by atoms with Crippen molar-refractivity contribution in [1.82, 2.24) is 15.6 Å². The highest BCUT2D eigenvalue weighted by molar-refractivity contribution is 6.05. The van der Waals surface area contributed by atoms with Gasteiger partial charge in [0.15, 0.2) is 0 Å². The lowest BCUT2D eigenvalue weighted by Crippen LogP contribution is -2.35. The van der Waals surface area contributed by atoms with Crippen molar-refractivity contribution in [2.24, 2.45) is 0 Å². The molecule has 1 heterocycles. The quantitative estimate of drug-likeness (QED) is 0.662. The first-order valence-electron chi connectivity index (χ1n) is 7.54. The van der Waals surface area contributed by atoms with Crippen LogP contribution in [0.5, 0.6) is 0 Å². The molecule has 0 fully saturated rings. The van der Waals surface area contributed by atoms with Crippen LogP contribution in [0.15, 0.2) is 60.6 Å². The van der Waals surface area contributed by atoms with Gasteiger partial charge in [-0.1, -0.05) is 18.2 Å². The molecular formula is C18H17N3O4.